The zero-order chi connectivity index (χ0) is 32.7. The number of para-hydroxylation sites is 2. The van der Waals surface area contributed by atoms with Crippen LogP contribution in [0.3, 0.4) is 0 Å². The van der Waals surface area contributed by atoms with Gasteiger partial charge in [-0.25, -0.2) is 0 Å². The van der Waals surface area contributed by atoms with E-state index in [9.17, 15) is 5.11 Å². The lowest BCUT2D eigenvalue weighted by Crippen LogP contribution is -2.16. The second-order valence-electron chi connectivity index (χ2n) is 13.3. The number of furan rings is 2. The molecule has 2 aromatic heterocycles. The third kappa shape index (κ3) is 4.86. The topological polar surface area (TPSA) is 46.5 Å². The summed E-state index contributed by atoms with van der Waals surface area (Å²) >= 11 is 7.14. The van der Waals surface area contributed by atoms with Crippen LogP contribution in [0.15, 0.2) is 133 Å². The number of hydrogen-bond acceptors (Lipinski definition) is 3. The number of benzene rings is 6. The minimum atomic E-state index is -0.944. The largest absolute Gasteiger partial charge is 0.456 e. The van der Waals surface area contributed by atoms with E-state index >= 15 is 0 Å². The van der Waals surface area contributed by atoms with Crippen molar-refractivity contribution in [3.63, 3.8) is 0 Å². The highest BCUT2D eigenvalue weighted by molar-refractivity contribution is 9.10. The summed E-state index contributed by atoms with van der Waals surface area (Å²) in [5.74, 6) is 0. The Morgan fingerprint density at radius 2 is 1.13 bits per heavy atom. The summed E-state index contributed by atoms with van der Waals surface area (Å²) in [4.78, 5) is 0. The van der Waals surface area contributed by atoms with E-state index in [1.54, 1.807) is 0 Å². The summed E-state index contributed by atoms with van der Waals surface area (Å²) in [7, 11) is 0. The van der Waals surface area contributed by atoms with E-state index in [1.165, 1.54) is 33.0 Å². The van der Waals surface area contributed by atoms with Gasteiger partial charge in [0, 0.05) is 35.9 Å². The predicted molar refractivity (Wildman–Crippen MR) is 201 cm³/mol. The van der Waals surface area contributed by atoms with Gasteiger partial charge in [0.25, 0.3) is 0 Å². The summed E-state index contributed by atoms with van der Waals surface area (Å²) in [6.45, 7) is 8.23. The summed E-state index contributed by atoms with van der Waals surface area (Å²) in [5.41, 5.74) is 11.1. The molecule has 0 radical (unpaired) electrons. The molecule has 1 aliphatic carbocycles. The molecular formula is C42H32Br2O3. The van der Waals surface area contributed by atoms with Gasteiger partial charge in [-0.1, -0.05) is 112 Å². The number of fused-ring (bicyclic) bond motifs is 10. The van der Waals surface area contributed by atoms with Gasteiger partial charge in [-0.05, 0) is 101 Å². The number of hydrogen-bond donors (Lipinski definition) is 1. The summed E-state index contributed by atoms with van der Waals surface area (Å²) in [6, 6.07) is 39.4. The first kappa shape index (κ1) is 30.2. The first-order valence-electron chi connectivity index (χ1n) is 15.7. The molecule has 9 rings (SSSR count). The smallest absolute Gasteiger partial charge is 0.136 e. The zero-order valence-electron chi connectivity index (χ0n) is 26.5. The monoisotopic (exact) mass is 742 g/mol. The van der Waals surface area contributed by atoms with E-state index in [-0.39, 0.29) is 5.41 Å². The van der Waals surface area contributed by atoms with Crippen molar-refractivity contribution in [3.05, 3.63) is 141 Å². The lowest BCUT2D eigenvalue weighted by atomic mass is 9.82. The third-order valence-corrected chi connectivity index (χ3v) is 10.5. The summed E-state index contributed by atoms with van der Waals surface area (Å²) in [5, 5.41) is 15.3. The lowest BCUT2D eigenvalue weighted by molar-refractivity contribution is 0.0791. The first-order chi connectivity index (χ1) is 22.5. The molecule has 0 amide bonds. The quantitative estimate of drug-likeness (QED) is 0.192. The number of aliphatic hydroxyl groups is 1. The first-order valence-corrected chi connectivity index (χ1v) is 17.3. The van der Waals surface area contributed by atoms with E-state index in [1.807, 2.05) is 74.5 Å². The Bertz CT molecular complexity index is 2510. The standard InChI is InChI=1S/C21H17BrO2.C21H15BrO/c1-21(2,23)17-12-13(22)10-11-14(17)15-7-5-9-19-20(15)16-6-3-4-8-18(16)24-19;1-21(2)15-9-10-18-20(14-5-3-4-6-17(14)23-18)19(15)13-8-7-12(22)11-16(13)21/h3-12,23H,1-2H3;3-11H,1-2H3. The minimum Gasteiger partial charge on any atom is -0.456 e. The van der Waals surface area contributed by atoms with Gasteiger partial charge in [0.1, 0.15) is 22.3 Å². The molecule has 1 N–H and O–H groups in total. The number of rotatable bonds is 2. The minimum absolute atomic E-state index is 0.00100. The Morgan fingerprint density at radius 1 is 0.553 bits per heavy atom. The normalized spacial score (nSPS) is 13.6. The molecule has 0 aliphatic heterocycles. The van der Waals surface area contributed by atoms with Gasteiger partial charge in [0.2, 0.25) is 0 Å². The molecule has 0 atom stereocenters. The summed E-state index contributed by atoms with van der Waals surface area (Å²) in [6.07, 6.45) is 0. The van der Waals surface area contributed by atoms with E-state index < -0.39 is 5.60 Å². The SMILES string of the molecule is CC(C)(O)c1cc(Br)ccc1-c1cccc2oc3ccccc3c12.CC1(C)c2cc(Br)ccc2-c2c1ccc1oc3ccccc3c21. The Hall–Kier alpha value is -4.16. The second kappa shape index (κ2) is 10.9. The molecule has 0 unspecified atom stereocenters. The van der Waals surface area contributed by atoms with Crippen LogP contribution in [0.1, 0.15) is 44.4 Å². The fourth-order valence-corrected chi connectivity index (χ4v) is 7.99. The van der Waals surface area contributed by atoms with Crippen molar-refractivity contribution in [1.29, 1.82) is 0 Å². The molecule has 0 saturated heterocycles. The van der Waals surface area contributed by atoms with E-state index in [4.69, 9.17) is 8.83 Å². The van der Waals surface area contributed by atoms with Crippen LogP contribution in [0.25, 0.3) is 66.1 Å². The van der Waals surface area contributed by atoms with E-state index in [0.717, 1.165) is 58.7 Å². The van der Waals surface area contributed by atoms with Crippen molar-refractivity contribution < 1.29 is 13.9 Å². The lowest BCUT2D eigenvalue weighted by Gasteiger charge is -2.22. The molecule has 47 heavy (non-hydrogen) atoms. The van der Waals surface area contributed by atoms with Crippen LogP contribution in [0.2, 0.25) is 0 Å². The van der Waals surface area contributed by atoms with Crippen LogP contribution >= 0.6 is 31.9 Å². The highest BCUT2D eigenvalue weighted by Gasteiger charge is 2.37. The Morgan fingerprint density at radius 3 is 1.81 bits per heavy atom. The maximum Gasteiger partial charge on any atom is 0.136 e. The fourth-order valence-electron chi connectivity index (χ4n) is 7.27. The summed E-state index contributed by atoms with van der Waals surface area (Å²) < 4.78 is 14.1. The van der Waals surface area contributed by atoms with Crippen LogP contribution < -0.4 is 0 Å². The van der Waals surface area contributed by atoms with E-state index in [0.29, 0.717) is 0 Å². The molecule has 8 aromatic rings. The van der Waals surface area contributed by atoms with Crippen LogP contribution in [0, 0.1) is 0 Å². The molecule has 0 bridgehead atoms. The molecule has 2 heterocycles. The van der Waals surface area contributed by atoms with Gasteiger partial charge in [-0.15, -0.1) is 0 Å². The van der Waals surface area contributed by atoms with Crippen molar-refractivity contribution in [2.45, 2.75) is 38.7 Å². The van der Waals surface area contributed by atoms with Gasteiger partial charge in [-0.2, -0.15) is 0 Å². The van der Waals surface area contributed by atoms with E-state index in [2.05, 4.69) is 100 Å². The van der Waals surface area contributed by atoms with Gasteiger partial charge in [-0.3, -0.25) is 0 Å². The zero-order valence-corrected chi connectivity index (χ0v) is 29.7. The predicted octanol–water partition coefficient (Wildman–Crippen LogP) is 12.9. The molecular weight excluding hydrogens is 712 g/mol. The van der Waals surface area contributed by atoms with Crippen LogP contribution in [-0.2, 0) is 11.0 Å². The van der Waals surface area contributed by atoms with Gasteiger partial charge >= 0.3 is 0 Å². The number of halogens is 2. The Balaban J connectivity index is 0.000000138. The molecule has 3 nitrogen and oxygen atoms in total. The van der Waals surface area contributed by atoms with Crippen molar-refractivity contribution in [2.75, 3.05) is 0 Å². The highest BCUT2D eigenvalue weighted by Crippen LogP contribution is 2.53. The molecule has 5 heteroatoms. The Kier molecular flexibility index (Phi) is 7.03. The van der Waals surface area contributed by atoms with Gasteiger partial charge in [0.15, 0.2) is 0 Å². The maximum atomic E-state index is 10.6. The average Bonchev–Trinajstić information content (AvgIpc) is 3.69. The van der Waals surface area contributed by atoms with Crippen molar-refractivity contribution in [3.8, 4) is 22.3 Å². The third-order valence-electron chi connectivity index (χ3n) is 9.47. The maximum absolute atomic E-state index is 10.6. The molecule has 0 fully saturated rings. The average molecular weight is 745 g/mol. The molecule has 232 valence electrons. The molecule has 0 spiro atoms. The van der Waals surface area contributed by atoms with Crippen LogP contribution in [-0.4, -0.2) is 5.11 Å². The van der Waals surface area contributed by atoms with Crippen molar-refractivity contribution in [1.82, 2.24) is 0 Å². The van der Waals surface area contributed by atoms with Crippen LogP contribution in [0.4, 0.5) is 0 Å². The molecule has 0 saturated carbocycles. The van der Waals surface area contributed by atoms with Crippen LogP contribution in [0.5, 0.6) is 0 Å². The van der Waals surface area contributed by atoms with Gasteiger partial charge < -0.3 is 13.9 Å². The highest BCUT2D eigenvalue weighted by atomic mass is 79.9. The fraction of sp³-hybridized carbons (Fsp3) is 0.143. The van der Waals surface area contributed by atoms with Crippen molar-refractivity contribution in [2.24, 2.45) is 0 Å². The van der Waals surface area contributed by atoms with Crippen molar-refractivity contribution >= 4 is 75.7 Å². The van der Waals surface area contributed by atoms with Gasteiger partial charge in [0.05, 0.1) is 5.60 Å². The molecule has 6 aromatic carbocycles. The molecule has 1 aliphatic rings. The second-order valence-corrected chi connectivity index (χ2v) is 15.1. The Labute approximate surface area is 290 Å².